The summed E-state index contributed by atoms with van der Waals surface area (Å²) in [4.78, 5) is 21.5. The molecular formula is C28H27N3O3. The van der Waals surface area contributed by atoms with E-state index in [0.717, 1.165) is 23.3 Å². The van der Waals surface area contributed by atoms with Crippen molar-refractivity contribution in [2.75, 3.05) is 5.32 Å². The van der Waals surface area contributed by atoms with Gasteiger partial charge in [0.05, 0.1) is 11.9 Å². The van der Waals surface area contributed by atoms with Gasteiger partial charge in [0.25, 0.3) is 5.91 Å². The van der Waals surface area contributed by atoms with E-state index in [4.69, 9.17) is 9.47 Å². The maximum atomic E-state index is 12.9. The van der Waals surface area contributed by atoms with Crippen LogP contribution in [0.25, 0.3) is 0 Å². The van der Waals surface area contributed by atoms with Gasteiger partial charge >= 0.3 is 0 Å². The van der Waals surface area contributed by atoms with Crippen molar-refractivity contribution in [3.63, 3.8) is 0 Å². The Bertz CT molecular complexity index is 1250. The molecule has 0 aliphatic carbocycles. The van der Waals surface area contributed by atoms with Crippen molar-refractivity contribution >= 4 is 11.6 Å². The molecule has 0 aliphatic heterocycles. The standard InChI is InChI=1S/C28H27N3O3/c1-19(2)17-21-7-4-5-9-25(21)34-26-15-12-22(18-30-26)31-27(32)24-8-6-16-29-28(24)33-23-13-10-20(3)11-14-23/h4-16,18-19H,17H2,1-3H3,(H,31,32). The molecule has 0 saturated heterocycles. The molecular weight excluding hydrogens is 426 g/mol. The smallest absolute Gasteiger partial charge is 0.261 e. The maximum absolute atomic E-state index is 12.9. The highest BCUT2D eigenvalue weighted by molar-refractivity contribution is 6.05. The van der Waals surface area contributed by atoms with Gasteiger partial charge in [0, 0.05) is 12.3 Å². The van der Waals surface area contributed by atoms with Crippen molar-refractivity contribution < 1.29 is 14.3 Å². The van der Waals surface area contributed by atoms with Gasteiger partial charge in [-0.05, 0) is 61.2 Å². The highest BCUT2D eigenvalue weighted by atomic mass is 16.5. The van der Waals surface area contributed by atoms with E-state index in [9.17, 15) is 4.79 Å². The van der Waals surface area contributed by atoms with Crippen LogP contribution >= 0.6 is 0 Å². The molecule has 0 aliphatic rings. The Hall–Kier alpha value is -4.19. The molecule has 4 aromatic rings. The number of pyridine rings is 2. The molecule has 0 unspecified atom stereocenters. The van der Waals surface area contributed by atoms with Crippen LogP contribution in [-0.4, -0.2) is 15.9 Å². The highest BCUT2D eigenvalue weighted by Gasteiger charge is 2.15. The van der Waals surface area contributed by atoms with Crippen LogP contribution in [0.4, 0.5) is 5.69 Å². The lowest BCUT2D eigenvalue weighted by Crippen LogP contribution is -2.13. The fraction of sp³-hybridized carbons (Fsp3) is 0.179. The van der Waals surface area contributed by atoms with Crippen LogP contribution in [0.1, 0.15) is 35.3 Å². The highest BCUT2D eigenvalue weighted by Crippen LogP contribution is 2.27. The molecule has 2 aromatic heterocycles. The Kier molecular flexibility index (Phi) is 7.18. The number of aromatic nitrogens is 2. The predicted octanol–water partition coefficient (Wildman–Crippen LogP) is 6.82. The summed E-state index contributed by atoms with van der Waals surface area (Å²) in [5.74, 6) is 2.26. The van der Waals surface area contributed by atoms with E-state index in [1.54, 1.807) is 36.7 Å². The van der Waals surface area contributed by atoms with Crippen LogP contribution in [0.15, 0.2) is 85.2 Å². The van der Waals surface area contributed by atoms with Crippen molar-refractivity contribution in [3.8, 4) is 23.3 Å². The van der Waals surface area contributed by atoms with Gasteiger partial charge < -0.3 is 14.8 Å². The zero-order valence-corrected chi connectivity index (χ0v) is 19.5. The van der Waals surface area contributed by atoms with Crippen LogP contribution in [-0.2, 0) is 6.42 Å². The minimum atomic E-state index is -0.340. The van der Waals surface area contributed by atoms with Gasteiger partial charge in [-0.1, -0.05) is 49.7 Å². The molecule has 1 N–H and O–H groups in total. The van der Waals surface area contributed by atoms with Gasteiger partial charge in [-0.3, -0.25) is 4.79 Å². The number of amides is 1. The molecule has 172 valence electrons. The molecule has 6 nitrogen and oxygen atoms in total. The van der Waals surface area contributed by atoms with Gasteiger partial charge in [-0.15, -0.1) is 0 Å². The van der Waals surface area contributed by atoms with E-state index in [1.807, 2.05) is 49.4 Å². The lowest BCUT2D eigenvalue weighted by atomic mass is 10.0. The first kappa shape index (κ1) is 23.0. The zero-order chi connectivity index (χ0) is 23.9. The fourth-order valence-electron chi connectivity index (χ4n) is 3.40. The molecule has 2 heterocycles. The van der Waals surface area contributed by atoms with Gasteiger partial charge in [-0.2, -0.15) is 0 Å². The van der Waals surface area contributed by atoms with Crippen molar-refractivity contribution in [1.29, 1.82) is 0 Å². The summed E-state index contributed by atoms with van der Waals surface area (Å²) in [5, 5.41) is 2.85. The van der Waals surface area contributed by atoms with Crippen LogP contribution in [0.2, 0.25) is 0 Å². The second kappa shape index (κ2) is 10.6. The third kappa shape index (κ3) is 5.98. The first-order valence-electron chi connectivity index (χ1n) is 11.2. The van der Waals surface area contributed by atoms with Crippen LogP contribution in [0, 0.1) is 12.8 Å². The SMILES string of the molecule is Cc1ccc(Oc2ncccc2C(=O)Nc2ccc(Oc3ccccc3CC(C)C)nc2)cc1. The molecule has 0 spiro atoms. The molecule has 0 saturated carbocycles. The number of aryl methyl sites for hydroxylation is 1. The lowest BCUT2D eigenvalue weighted by molar-refractivity contribution is 0.102. The number of rotatable bonds is 8. The molecule has 6 heteroatoms. The molecule has 1 amide bonds. The van der Waals surface area contributed by atoms with E-state index < -0.39 is 0 Å². The third-order valence-electron chi connectivity index (χ3n) is 5.06. The van der Waals surface area contributed by atoms with E-state index >= 15 is 0 Å². The molecule has 0 radical (unpaired) electrons. The summed E-state index contributed by atoms with van der Waals surface area (Å²) in [5.41, 5.74) is 3.12. The molecule has 0 fully saturated rings. The van der Waals surface area contributed by atoms with Gasteiger partial charge in [-0.25, -0.2) is 9.97 Å². The molecule has 2 aromatic carbocycles. The fourth-order valence-corrected chi connectivity index (χ4v) is 3.40. The first-order valence-corrected chi connectivity index (χ1v) is 11.2. The number of ether oxygens (including phenoxy) is 2. The summed E-state index contributed by atoms with van der Waals surface area (Å²) in [7, 11) is 0. The van der Waals surface area contributed by atoms with Gasteiger partial charge in [0.15, 0.2) is 0 Å². The summed E-state index contributed by atoms with van der Waals surface area (Å²) < 4.78 is 11.8. The number of carbonyl (C=O) groups is 1. The number of nitrogens with zero attached hydrogens (tertiary/aromatic N) is 2. The first-order chi connectivity index (χ1) is 16.5. The third-order valence-corrected chi connectivity index (χ3v) is 5.06. The molecule has 4 rings (SSSR count). The van der Waals surface area contributed by atoms with Crippen LogP contribution < -0.4 is 14.8 Å². The number of benzene rings is 2. The average Bonchev–Trinajstić information content (AvgIpc) is 2.83. The Labute approximate surface area is 199 Å². The quantitative estimate of drug-likeness (QED) is 0.317. The van der Waals surface area contributed by atoms with Crippen molar-refractivity contribution in [1.82, 2.24) is 9.97 Å². The second-order valence-electron chi connectivity index (χ2n) is 8.42. The summed E-state index contributed by atoms with van der Waals surface area (Å²) in [6, 6.07) is 22.4. The molecule has 0 atom stereocenters. The lowest BCUT2D eigenvalue weighted by Gasteiger charge is -2.13. The van der Waals surface area contributed by atoms with E-state index in [0.29, 0.717) is 28.8 Å². The van der Waals surface area contributed by atoms with Crippen LogP contribution in [0.5, 0.6) is 23.3 Å². The number of para-hydroxylation sites is 1. The summed E-state index contributed by atoms with van der Waals surface area (Å²) in [6.45, 7) is 6.34. The number of hydrogen-bond donors (Lipinski definition) is 1. The Morgan fingerprint density at radius 1 is 0.912 bits per heavy atom. The average molecular weight is 454 g/mol. The van der Waals surface area contributed by atoms with Gasteiger partial charge in [0.2, 0.25) is 11.8 Å². The predicted molar refractivity (Wildman–Crippen MR) is 133 cm³/mol. The van der Waals surface area contributed by atoms with E-state index in [2.05, 4.69) is 35.2 Å². The van der Waals surface area contributed by atoms with Crippen molar-refractivity contribution in [2.24, 2.45) is 5.92 Å². The van der Waals surface area contributed by atoms with Crippen molar-refractivity contribution in [3.05, 3.63) is 102 Å². The minimum absolute atomic E-state index is 0.235. The number of nitrogens with one attached hydrogen (secondary N) is 1. The zero-order valence-electron chi connectivity index (χ0n) is 19.5. The monoisotopic (exact) mass is 453 g/mol. The normalized spacial score (nSPS) is 10.7. The second-order valence-corrected chi connectivity index (χ2v) is 8.42. The van der Waals surface area contributed by atoms with E-state index in [1.165, 1.54) is 0 Å². The molecule has 0 bridgehead atoms. The largest absolute Gasteiger partial charge is 0.439 e. The Morgan fingerprint density at radius 3 is 2.44 bits per heavy atom. The Morgan fingerprint density at radius 2 is 1.71 bits per heavy atom. The Balaban J connectivity index is 1.44. The summed E-state index contributed by atoms with van der Waals surface area (Å²) >= 11 is 0. The number of anilines is 1. The summed E-state index contributed by atoms with van der Waals surface area (Å²) in [6.07, 6.45) is 4.07. The minimum Gasteiger partial charge on any atom is -0.439 e. The van der Waals surface area contributed by atoms with Crippen LogP contribution in [0.3, 0.4) is 0 Å². The van der Waals surface area contributed by atoms with Crippen molar-refractivity contribution in [2.45, 2.75) is 27.2 Å². The number of hydrogen-bond acceptors (Lipinski definition) is 5. The van der Waals surface area contributed by atoms with Gasteiger partial charge in [0.1, 0.15) is 17.1 Å². The molecule has 34 heavy (non-hydrogen) atoms. The van der Waals surface area contributed by atoms with E-state index in [-0.39, 0.29) is 11.8 Å². The maximum Gasteiger partial charge on any atom is 0.261 e. The number of carbonyl (C=O) groups excluding carboxylic acids is 1. The topological polar surface area (TPSA) is 73.3 Å².